The Balaban J connectivity index is 1.31. The summed E-state index contributed by atoms with van der Waals surface area (Å²) in [6.45, 7) is 4.08. The Kier molecular flexibility index (Phi) is 6.33. The van der Waals surface area contributed by atoms with Crippen molar-refractivity contribution in [1.29, 1.82) is 0 Å². The van der Waals surface area contributed by atoms with Crippen LogP contribution < -0.4 is 14.8 Å². The minimum absolute atomic E-state index is 0.0880. The number of ether oxygens (including phenoxy) is 3. The molecule has 2 amide bonds. The third-order valence-corrected chi connectivity index (χ3v) is 8.48. The van der Waals surface area contributed by atoms with Crippen molar-refractivity contribution >= 4 is 23.0 Å². The number of alkyl halides is 2. The highest BCUT2D eigenvalue weighted by Gasteiger charge is 2.45. The van der Waals surface area contributed by atoms with Gasteiger partial charge in [0.05, 0.1) is 23.1 Å². The Bertz CT molecular complexity index is 1900. The van der Waals surface area contributed by atoms with E-state index < -0.39 is 41.7 Å². The van der Waals surface area contributed by atoms with Gasteiger partial charge in [-0.2, -0.15) is 8.78 Å². The number of rotatable bonds is 4. The van der Waals surface area contributed by atoms with E-state index in [9.17, 15) is 18.4 Å². The molecule has 2 bridgehead atoms. The van der Waals surface area contributed by atoms with Crippen molar-refractivity contribution in [3.05, 3.63) is 71.1 Å². The highest BCUT2D eigenvalue weighted by molar-refractivity contribution is 5.98. The number of imidazole rings is 1. The number of hydrogen-bond acceptors (Lipinski definition) is 7. The number of aromatic nitrogens is 3. The van der Waals surface area contributed by atoms with E-state index in [4.69, 9.17) is 19.2 Å². The lowest BCUT2D eigenvalue weighted by molar-refractivity contribution is -0.0507. The number of carbonyl (C=O) groups excluding carboxylic acids is 2. The monoisotopic (exact) mass is 621 g/mol. The summed E-state index contributed by atoms with van der Waals surface area (Å²) in [5, 5.41) is 2.83. The van der Waals surface area contributed by atoms with Crippen molar-refractivity contribution in [3.8, 4) is 22.6 Å². The van der Waals surface area contributed by atoms with Crippen molar-refractivity contribution in [3.63, 3.8) is 0 Å². The van der Waals surface area contributed by atoms with Crippen LogP contribution in [0.15, 0.2) is 42.6 Å². The summed E-state index contributed by atoms with van der Waals surface area (Å²) in [6.07, 6.45) is 1.28. The van der Waals surface area contributed by atoms with Gasteiger partial charge in [-0.15, -0.1) is 0 Å². The molecule has 2 aromatic carbocycles. The molecular formula is C32H30F3N5O5. The zero-order valence-corrected chi connectivity index (χ0v) is 25.2. The number of pyridine rings is 1. The number of nitrogens with zero attached hydrogens (tertiary/aromatic N) is 4. The standard InChI is InChI=1S/C32H30F3N5O5/c1-31(2,3)45-30(42)38-32(4)14-43-24-9-15(13-36-26(24)32)17-10-20-19(11-18(17)33)37-27-22-12-21(40(20)27)25-16(28(41)39(22)5)7-6-8-23(25)44-29(34)35/h6-11,13,21-22,29H,12,14H2,1-5H3,(H,38,42). The second-order valence-electron chi connectivity index (χ2n) is 12.8. The third kappa shape index (κ3) is 4.63. The molecule has 3 aliphatic rings. The molecule has 0 aliphatic carbocycles. The van der Waals surface area contributed by atoms with Crippen molar-refractivity contribution in [2.45, 2.75) is 64.0 Å². The van der Waals surface area contributed by atoms with E-state index in [1.54, 1.807) is 52.9 Å². The lowest BCUT2D eigenvalue weighted by atomic mass is 9.97. The first kappa shape index (κ1) is 28.9. The van der Waals surface area contributed by atoms with Crippen LogP contribution >= 0.6 is 0 Å². The van der Waals surface area contributed by atoms with Crippen LogP contribution in [0.3, 0.4) is 0 Å². The molecule has 45 heavy (non-hydrogen) atoms. The maximum absolute atomic E-state index is 15.7. The quantitative estimate of drug-likeness (QED) is 0.294. The second-order valence-corrected chi connectivity index (χ2v) is 12.8. The maximum Gasteiger partial charge on any atom is 0.408 e. The number of hydrogen-bond donors (Lipinski definition) is 1. The summed E-state index contributed by atoms with van der Waals surface area (Å²) in [5.41, 5.74) is 0.999. The van der Waals surface area contributed by atoms with Crippen molar-refractivity contribution in [2.75, 3.05) is 13.7 Å². The molecule has 10 nitrogen and oxygen atoms in total. The molecular weight excluding hydrogens is 591 g/mol. The minimum atomic E-state index is -3.08. The van der Waals surface area contributed by atoms with Gasteiger partial charge in [-0.05, 0) is 52.0 Å². The molecule has 3 atom stereocenters. The number of nitrogens with one attached hydrogen (secondary N) is 1. The number of fused-ring (bicyclic) bond motifs is 10. The Morgan fingerprint density at radius 3 is 2.69 bits per heavy atom. The van der Waals surface area contributed by atoms with Crippen LogP contribution in [0.25, 0.3) is 22.2 Å². The van der Waals surface area contributed by atoms with Crippen molar-refractivity contribution in [2.24, 2.45) is 0 Å². The normalized spacial score (nSPS) is 21.7. The van der Waals surface area contributed by atoms with Gasteiger partial charge in [-0.1, -0.05) is 6.07 Å². The molecule has 5 heterocycles. The van der Waals surface area contributed by atoms with E-state index in [0.29, 0.717) is 45.8 Å². The molecule has 0 fully saturated rings. The molecule has 3 unspecified atom stereocenters. The number of alkyl carbamates (subject to hydrolysis) is 1. The molecule has 3 aliphatic heterocycles. The predicted molar refractivity (Wildman–Crippen MR) is 156 cm³/mol. The van der Waals surface area contributed by atoms with E-state index in [1.807, 2.05) is 4.57 Å². The summed E-state index contributed by atoms with van der Waals surface area (Å²) in [7, 11) is 1.64. The molecule has 4 aromatic rings. The topological polar surface area (TPSA) is 108 Å². The Morgan fingerprint density at radius 1 is 1.18 bits per heavy atom. The highest BCUT2D eigenvalue weighted by atomic mass is 19.3. The number of benzene rings is 2. The SMILES string of the molecule is CN1C(=O)c2cccc(OC(F)F)c2C2CC1c1nc3cc(F)c(-c4cnc5c(c4)OCC5(C)NC(=O)OC(C)(C)C)cc3n12. The van der Waals surface area contributed by atoms with Gasteiger partial charge in [0.25, 0.3) is 5.91 Å². The lowest BCUT2D eigenvalue weighted by Gasteiger charge is -2.26. The van der Waals surface area contributed by atoms with Gasteiger partial charge in [-0.25, -0.2) is 14.2 Å². The smallest absolute Gasteiger partial charge is 0.408 e. The molecule has 0 radical (unpaired) electrons. The van der Waals surface area contributed by atoms with Gasteiger partial charge >= 0.3 is 12.7 Å². The first-order valence-corrected chi connectivity index (χ1v) is 14.5. The molecule has 234 valence electrons. The fourth-order valence-corrected chi connectivity index (χ4v) is 6.55. The van der Waals surface area contributed by atoms with E-state index in [0.717, 1.165) is 0 Å². The lowest BCUT2D eigenvalue weighted by Crippen LogP contribution is -2.47. The Hall–Kier alpha value is -4.81. The van der Waals surface area contributed by atoms with E-state index in [1.165, 1.54) is 29.3 Å². The van der Waals surface area contributed by atoms with Crippen molar-refractivity contribution < 1.29 is 37.0 Å². The van der Waals surface area contributed by atoms with Crippen molar-refractivity contribution in [1.82, 2.24) is 24.8 Å². The first-order chi connectivity index (χ1) is 21.2. The van der Waals surface area contributed by atoms with Gasteiger partial charge in [-0.3, -0.25) is 9.78 Å². The van der Waals surface area contributed by atoms with Crippen LogP contribution in [-0.2, 0) is 10.3 Å². The fraction of sp³-hybridized carbons (Fsp3) is 0.375. The van der Waals surface area contributed by atoms with E-state index in [-0.39, 0.29) is 29.4 Å². The van der Waals surface area contributed by atoms with Crippen LogP contribution in [0, 0.1) is 5.82 Å². The largest absolute Gasteiger partial charge is 0.489 e. The molecule has 7 rings (SSSR count). The zero-order valence-electron chi connectivity index (χ0n) is 25.2. The fourth-order valence-electron chi connectivity index (χ4n) is 6.55. The van der Waals surface area contributed by atoms with Gasteiger partial charge in [0, 0.05) is 48.0 Å². The predicted octanol–water partition coefficient (Wildman–Crippen LogP) is 6.09. The van der Waals surface area contributed by atoms with Crippen LogP contribution in [0.4, 0.5) is 18.0 Å². The molecule has 13 heteroatoms. The Labute approximate surface area is 256 Å². The molecule has 0 saturated carbocycles. The van der Waals surface area contributed by atoms with Crippen LogP contribution in [0.5, 0.6) is 11.5 Å². The number of halogens is 3. The van der Waals surface area contributed by atoms with Crippen LogP contribution in [-0.4, -0.2) is 57.3 Å². The van der Waals surface area contributed by atoms with Crippen LogP contribution in [0.2, 0.25) is 0 Å². The molecule has 1 N–H and O–H groups in total. The van der Waals surface area contributed by atoms with Gasteiger partial charge < -0.3 is 29.0 Å². The third-order valence-electron chi connectivity index (χ3n) is 8.48. The molecule has 0 spiro atoms. The maximum atomic E-state index is 15.7. The summed E-state index contributed by atoms with van der Waals surface area (Å²) in [5.74, 6) is -0.0588. The summed E-state index contributed by atoms with van der Waals surface area (Å²) >= 11 is 0. The van der Waals surface area contributed by atoms with Gasteiger partial charge in [0.2, 0.25) is 0 Å². The van der Waals surface area contributed by atoms with Gasteiger partial charge in [0.15, 0.2) is 0 Å². The zero-order chi connectivity index (χ0) is 32.0. The molecule has 2 aromatic heterocycles. The first-order valence-electron chi connectivity index (χ1n) is 14.5. The minimum Gasteiger partial charge on any atom is -0.489 e. The second kappa shape index (κ2) is 9.85. The van der Waals surface area contributed by atoms with E-state index in [2.05, 4.69) is 10.3 Å². The summed E-state index contributed by atoms with van der Waals surface area (Å²) in [4.78, 5) is 36.7. The summed E-state index contributed by atoms with van der Waals surface area (Å²) < 4.78 is 60.6. The Morgan fingerprint density at radius 2 is 1.96 bits per heavy atom. The highest BCUT2D eigenvalue weighted by Crippen LogP contribution is 2.50. The van der Waals surface area contributed by atoms with Crippen LogP contribution in [0.1, 0.15) is 73.6 Å². The average Bonchev–Trinajstić information content (AvgIpc) is 3.58. The van der Waals surface area contributed by atoms with E-state index >= 15 is 4.39 Å². The number of carbonyl (C=O) groups is 2. The van der Waals surface area contributed by atoms with Gasteiger partial charge in [0.1, 0.15) is 46.6 Å². The number of amides is 2. The molecule has 0 saturated heterocycles. The summed E-state index contributed by atoms with van der Waals surface area (Å²) in [6, 6.07) is 8.13. The average molecular weight is 622 g/mol.